The molecule has 1 amide bonds. The fourth-order valence-corrected chi connectivity index (χ4v) is 4.10. The molecule has 2 aromatic heterocycles. The summed E-state index contributed by atoms with van der Waals surface area (Å²) in [7, 11) is 1.42. The minimum absolute atomic E-state index is 0.181. The summed E-state index contributed by atoms with van der Waals surface area (Å²) in [6, 6.07) is 6.32. The summed E-state index contributed by atoms with van der Waals surface area (Å²) >= 11 is 2.95. The number of nitrogens with one attached hydrogen (secondary N) is 1. The third kappa shape index (κ3) is 3.72. The second-order valence-electron chi connectivity index (χ2n) is 5.53. The third-order valence-corrected chi connectivity index (χ3v) is 5.68. The van der Waals surface area contributed by atoms with Crippen LogP contribution in [0.3, 0.4) is 0 Å². The van der Waals surface area contributed by atoms with Crippen LogP contribution in [0.1, 0.15) is 33.9 Å². The summed E-state index contributed by atoms with van der Waals surface area (Å²) in [5, 5.41) is 7.71. The van der Waals surface area contributed by atoms with Gasteiger partial charge in [0.25, 0.3) is 5.91 Å². The fraction of sp³-hybridized carbons (Fsp3) is 0.222. The zero-order valence-electron chi connectivity index (χ0n) is 14.0. The van der Waals surface area contributed by atoms with Crippen molar-refractivity contribution in [1.82, 2.24) is 10.3 Å². The number of amides is 1. The molecular formula is C18H17FN2O2S2. The van der Waals surface area contributed by atoms with Crippen molar-refractivity contribution >= 4 is 28.6 Å². The predicted molar refractivity (Wildman–Crippen MR) is 99.0 cm³/mol. The van der Waals surface area contributed by atoms with E-state index in [9.17, 15) is 9.18 Å². The largest absolute Gasteiger partial charge is 0.494 e. The number of thiophene rings is 1. The first-order chi connectivity index (χ1) is 12.0. The van der Waals surface area contributed by atoms with Gasteiger partial charge in [0.05, 0.1) is 18.8 Å². The Bertz CT molecular complexity index is 891. The number of rotatable bonds is 5. The number of methoxy groups -OCH3 is 1. The van der Waals surface area contributed by atoms with E-state index < -0.39 is 5.82 Å². The van der Waals surface area contributed by atoms with Crippen molar-refractivity contribution in [3.63, 3.8) is 0 Å². The molecule has 0 radical (unpaired) electrons. The van der Waals surface area contributed by atoms with Crippen LogP contribution in [0.5, 0.6) is 5.75 Å². The molecule has 25 heavy (non-hydrogen) atoms. The number of nitrogens with zero attached hydrogens (tertiary/aromatic N) is 1. The Morgan fingerprint density at radius 2 is 2.16 bits per heavy atom. The van der Waals surface area contributed by atoms with Crippen LogP contribution >= 0.6 is 22.7 Å². The Morgan fingerprint density at radius 1 is 1.36 bits per heavy atom. The van der Waals surface area contributed by atoms with Crippen LogP contribution < -0.4 is 10.1 Å². The summed E-state index contributed by atoms with van der Waals surface area (Å²) in [4.78, 5) is 17.6. The van der Waals surface area contributed by atoms with E-state index in [-0.39, 0.29) is 17.7 Å². The number of halogens is 1. The molecule has 2 heterocycles. The number of hydrogen-bond acceptors (Lipinski definition) is 5. The number of carbonyl (C=O) groups excluding carboxylic acids is 1. The minimum atomic E-state index is -0.449. The van der Waals surface area contributed by atoms with E-state index in [4.69, 9.17) is 4.74 Å². The summed E-state index contributed by atoms with van der Waals surface area (Å²) in [6.07, 6.45) is 0. The highest BCUT2D eigenvalue weighted by atomic mass is 32.1. The Balaban J connectivity index is 1.77. The SMILES string of the molecule is COc1ccc(C(C)NC(=O)c2sc(-c3ccsc3)nc2C)cc1F. The molecule has 0 spiro atoms. The number of hydrogen-bond donors (Lipinski definition) is 1. The van der Waals surface area contributed by atoms with Crippen molar-refractivity contribution in [1.29, 1.82) is 0 Å². The molecule has 4 nitrogen and oxygen atoms in total. The number of aryl methyl sites for hydroxylation is 1. The molecule has 7 heteroatoms. The van der Waals surface area contributed by atoms with E-state index in [1.165, 1.54) is 24.5 Å². The smallest absolute Gasteiger partial charge is 0.263 e. The lowest BCUT2D eigenvalue weighted by atomic mass is 10.1. The van der Waals surface area contributed by atoms with Gasteiger partial charge in [-0.25, -0.2) is 9.37 Å². The van der Waals surface area contributed by atoms with Crippen molar-refractivity contribution in [3.8, 4) is 16.3 Å². The molecule has 0 aliphatic rings. The van der Waals surface area contributed by atoms with Crippen LogP contribution in [-0.4, -0.2) is 18.0 Å². The van der Waals surface area contributed by atoms with Gasteiger partial charge in [-0.15, -0.1) is 11.3 Å². The Morgan fingerprint density at radius 3 is 2.80 bits per heavy atom. The van der Waals surface area contributed by atoms with Gasteiger partial charge in [-0.3, -0.25) is 4.79 Å². The van der Waals surface area contributed by atoms with Crippen LogP contribution in [0.2, 0.25) is 0 Å². The third-order valence-electron chi connectivity index (χ3n) is 3.79. The van der Waals surface area contributed by atoms with Gasteiger partial charge in [0, 0.05) is 10.9 Å². The first-order valence-electron chi connectivity index (χ1n) is 7.64. The molecule has 0 bridgehead atoms. The maximum Gasteiger partial charge on any atom is 0.263 e. The van der Waals surface area contributed by atoms with Crippen molar-refractivity contribution in [2.45, 2.75) is 19.9 Å². The summed E-state index contributed by atoms with van der Waals surface area (Å²) in [5.41, 5.74) is 2.38. The summed E-state index contributed by atoms with van der Waals surface area (Å²) < 4.78 is 18.8. The van der Waals surface area contributed by atoms with Crippen LogP contribution in [0.25, 0.3) is 10.6 Å². The Labute approximate surface area is 153 Å². The Hall–Kier alpha value is -2.25. The number of ether oxygens (including phenoxy) is 1. The van der Waals surface area contributed by atoms with E-state index in [2.05, 4.69) is 10.3 Å². The monoisotopic (exact) mass is 376 g/mol. The zero-order chi connectivity index (χ0) is 18.0. The van der Waals surface area contributed by atoms with Crippen LogP contribution in [-0.2, 0) is 0 Å². The molecule has 1 N–H and O–H groups in total. The molecule has 3 rings (SSSR count). The quantitative estimate of drug-likeness (QED) is 0.695. The second kappa shape index (κ2) is 7.33. The molecule has 0 aliphatic heterocycles. The first kappa shape index (κ1) is 17.6. The first-order valence-corrected chi connectivity index (χ1v) is 9.40. The second-order valence-corrected chi connectivity index (χ2v) is 7.31. The minimum Gasteiger partial charge on any atom is -0.494 e. The lowest BCUT2D eigenvalue weighted by Crippen LogP contribution is -2.26. The lowest BCUT2D eigenvalue weighted by molar-refractivity contribution is 0.0943. The number of thiazole rings is 1. The highest BCUT2D eigenvalue weighted by Gasteiger charge is 2.19. The highest BCUT2D eigenvalue weighted by molar-refractivity contribution is 7.17. The predicted octanol–water partition coefficient (Wildman–Crippen LogP) is 4.82. The standard InChI is InChI=1S/C18H17FN2O2S2/c1-10(12-4-5-15(23-3)14(19)8-12)20-17(22)16-11(2)21-18(25-16)13-6-7-24-9-13/h4-10H,1-3H3,(H,20,22). The molecule has 1 unspecified atom stereocenters. The topological polar surface area (TPSA) is 51.2 Å². The van der Waals surface area contributed by atoms with Crippen molar-refractivity contribution < 1.29 is 13.9 Å². The molecule has 1 aromatic carbocycles. The molecule has 0 fully saturated rings. The average Bonchev–Trinajstić information content (AvgIpc) is 3.24. The van der Waals surface area contributed by atoms with Crippen molar-refractivity contribution in [2.75, 3.05) is 7.11 Å². The molecule has 3 aromatic rings. The van der Waals surface area contributed by atoms with Crippen LogP contribution in [0.15, 0.2) is 35.0 Å². The average molecular weight is 376 g/mol. The van der Waals surface area contributed by atoms with E-state index in [0.717, 1.165) is 10.6 Å². The van der Waals surface area contributed by atoms with Gasteiger partial charge in [0.2, 0.25) is 0 Å². The molecule has 0 saturated heterocycles. The van der Waals surface area contributed by atoms with Gasteiger partial charge in [-0.1, -0.05) is 6.07 Å². The van der Waals surface area contributed by atoms with Gasteiger partial charge in [0.1, 0.15) is 9.88 Å². The highest BCUT2D eigenvalue weighted by Crippen LogP contribution is 2.30. The molecule has 0 saturated carbocycles. The molecule has 130 valence electrons. The number of benzene rings is 1. The van der Waals surface area contributed by atoms with E-state index >= 15 is 0 Å². The summed E-state index contributed by atoms with van der Waals surface area (Å²) in [6.45, 7) is 3.63. The van der Waals surface area contributed by atoms with Crippen molar-refractivity contribution in [3.05, 3.63) is 57.0 Å². The van der Waals surface area contributed by atoms with Gasteiger partial charge >= 0.3 is 0 Å². The van der Waals surface area contributed by atoms with Gasteiger partial charge in [-0.2, -0.15) is 11.3 Å². The lowest BCUT2D eigenvalue weighted by Gasteiger charge is -2.14. The van der Waals surface area contributed by atoms with Crippen LogP contribution in [0.4, 0.5) is 4.39 Å². The van der Waals surface area contributed by atoms with Gasteiger partial charge in [-0.05, 0) is 43.0 Å². The van der Waals surface area contributed by atoms with E-state index in [1.54, 1.807) is 23.5 Å². The molecule has 1 atom stereocenters. The van der Waals surface area contributed by atoms with Gasteiger partial charge < -0.3 is 10.1 Å². The fourth-order valence-electron chi connectivity index (χ4n) is 2.41. The van der Waals surface area contributed by atoms with Gasteiger partial charge in [0.15, 0.2) is 11.6 Å². The summed E-state index contributed by atoms with van der Waals surface area (Å²) in [5.74, 6) is -0.476. The maximum absolute atomic E-state index is 13.9. The van der Waals surface area contributed by atoms with E-state index in [1.807, 2.05) is 30.7 Å². The molecule has 0 aliphatic carbocycles. The maximum atomic E-state index is 13.9. The zero-order valence-corrected chi connectivity index (χ0v) is 15.6. The number of aromatic nitrogens is 1. The van der Waals surface area contributed by atoms with Crippen molar-refractivity contribution in [2.24, 2.45) is 0 Å². The number of carbonyl (C=O) groups is 1. The van der Waals surface area contributed by atoms with Crippen LogP contribution in [0, 0.1) is 12.7 Å². The normalized spacial score (nSPS) is 12.0. The Kier molecular flexibility index (Phi) is 5.15. The van der Waals surface area contributed by atoms with E-state index in [0.29, 0.717) is 16.1 Å². The molecular weight excluding hydrogens is 359 g/mol.